The molecule has 3 rings (SSSR count). The topological polar surface area (TPSA) is 67.2 Å². The van der Waals surface area contributed by atoms with Crippen LogP contribution in [0.1, 0.15) is 17.1 Å². The van der Waals surface area contributed by atoms with Gasteiger partial charge in [-0.15, -0.1) is 11.3 Å². The van der Waals surface area contributed by atoms with E-state index in [0.717, 1.165) is 26.1 Å². The standard InChI is InChI=1S/C21H19F4N3O2S/c1-28-13-12-27-19(28)20(30,21(23,24)25)10-11-26-18(29)9-7-16-6-8-17(31-16)14-2-4-15(22)5-3-14/h2-9,12-13,30H,10-11H2,1H3,(H,26,29)/b9-7+. The number of amides is 1. The SMILES string of the molecule is Cn1ccnc1C(O)(CCNC(=O)/C=C/c1ccc(-c2ccc(F)cc2)s1)C(F)(F)F. The molecule has 5 nitrogen and oxygen atoms in total. The summed E-state index contributed by atoms with van der Waals surface area (Å²) in [6.07, 6.45) is -0.548. The number of hydrogen-bond acceptors (Lipinski definition) is 4. The molecule has 31 heavy (non-hydrogen) atoms. The van der Waals surface area contributed by atoms with Gasteiger partial charge in [0, 0.05) is 48.2 Å². The van der Waals surface area contributed by atoms with Gasteiger partial charge < -0.3 is 15.0 Å². The first-order valence-electron chi connectivity index (χ1n) is 9.19. The lowest BCUT2D eigenvalue weighted by Crippen LogP contribution is -2.46. The van der Waals surface area contributed by atoms with Crippen molar-refractivity contribution in [1.29, 1.82) is 0 Å². The molecule has 164 valence electrons. The van der Waals surface area contributed by atoms with Crippen molar-refractivity contribution in [1.82, 2.24) is 14.9 Å². The van der Waals surface area contributed by atoms with Crippen molar-refractivity contribution in [3.63, 3.8) is 0 Å². The molecule has 3 aromatic rings. The van der Waals surface area contributed by atoms with E-state index in [1.807, 2.05) is 6.07 Å². The van der Waals surface area contributed by atoms with Crippen LogP contribution in [-0.2, 0) is 17.4 Å². The van der Waals surface area contributed by atoms with E-state index >= 15 is 0 Å². The highest BCUT2D eigenvalue weighted by molar-refractivity contribution is 7.16. The van der Waals surface area contributed by atoms with Gasteiger partial charge in [0.25, 0.3) is 0 Å². The Kier molecular flexibility index (Phi) is 6.61. The molecule has 1 unspecified atom stereocenters. The van der Waals surface area contributed by atoms with Gasteiger partial charge in [0.15, 0.2) is 0 Å². The number of aliphatic hydroxyl groups is 1. The third kappa shape index (κ3) is 5.20. The molecule has 0 radical (unpaired) electrons. The Hall–Kier alpha value is -2.98. The molecule has 0 saturated heterocycles. The smallest absolute Gasteiger partial charge is 0.374 e. The highest BCUT2D eigenvalue weighted by Gasteiger charge is 2.57. The van der Waals surface area contributed by atoms with Crippen molar-refractivity contribution >= 4 is 23.3 Å². The molecule has 0 aliphatic carbocycles. The van der Waals surface area contributed by atoms with E-state index in [1.165, 1.54) is 48.9 Å². The summed E-state index contributed by atoms with van der Waals surface area (Å²) in [7, 11) is 1.35. The summed E-state index contributed by atoms with van der Waals surface area (Å²) in [4.78, 5) is 17.2. The van der Waals surface area contributed by atoms with Crippen LogP contribution in [0.4, 0.5) is 17.6 Å². The third-order valence-corrected chi connectivity index (χ3v) is 5.70. The van der Waals surface area contributed by atoms with Crippen molar-refractivity contribution in [3.8, 4) is 10.4 Å². The Labute approximate surface area is 179 Å². The van der Waals surface area contributed by atoms with Crippen LogP contribution < -0.4 is 5.32 Å². The zero-order valence-electron chi connectivity index (χ0n) is 16.4. The predicted molar refractivity (Wildman–Crippen MR) is 110 cm³/mol. The van der Waals surface area contributed by atoms with Gasteiger partial charge in [-0.25, -0.2) is 9.37 Å². The molecule has 2 aromatic heterocycles. The second kappa shape index (κ2) is 9.03. The first-order valence-corrected chi connectivity index (χ1v) is 10.0. The van der Waals surface area contributed by atoms with Gasteiger partial charge in [-0.2, -0.15) is 13.2 Å². The molecule has 0 spiro atoms. The number of halogens is 4. The summed E-state index contributed by atoms with van der Waals surface area (Å²) >= 11 is 1.38. The Morgan fingerprint density at radius 1 is 1.23 bits per heavy atom. The van der Waals surface area contributed by atoms with Gasteiger partial charge in [-0.3, -0.25) is 4.79 Å². The van der Waals surface area contributed by atoms with Crippen molar-refractivity contribution in [2.45, 2.75) is 18.2 Å². The van der Waals surface area contributed by atoms with E-state index in [1.54, 1.807) is 18.2 Å². The van der Waals surface area contributed by atoms with Gasteiger partial charge in [0.2, 0.25) is 11.5 Å². The van der Waals surface area contributed by atoms with Gasteiger partial charge in [-0.05, 0) is 35.9 Å². The van der Waals surface area contributed by atoms with Crippen LogP contribution in [0.3, 0.4) is 0 Å². The minimum absolute atomic E-state index is 0.336. The van der Waals surface area contributed by atoms with Gasteiger partial charge >= 0.3 is 6.18 Å². The molecular weight excluding hydrogens is 434 g/mol. The zero-order chi connectivity index (χ0) is 22.6. The van der Waals surface area contributed by atoms with Crippen molar-refractivity contribution in [2.24, 2.45) is 7.05 Å². The lowest BCUT2D eigenvalue weighted by molar-refractivity contribution is -0.272. The normalized spacial score (nSPS) is 14.0. The van der Waals surface area contributed by atoms with E-state index in [9.17, 15) is 27.5 Å². The summed E-state index contributed by atoms with van der Waals surface area (Å²) in [5.74, 6) is -1.48. The number of hydrogen-bond donors (Lipinski definition) is 2. The first-order chi connectivity index (χ1) is 14.6. The maximum Gasteiger partial charge on any atom is 0.424 e. The molecule has 1 atom stereocenters. The summed E-state index contributed by atoms with van der Waals surface area (Å²) in [5.41, 5.74) is -2.35. The third-order valence-electron chi connectivity index (χ3n) is 4.60. The van der Waals surface area contributed by atoms with Crippen LogP contribution in [0.25, 0.3) is 16.5 Å². The largest absolute Gasteiger partial charge is 0.424 e. The molecule has 0 saturated carbocycles. The molecule has 0 fully saturated rings. The minimum Gasteiger partial charge on any atom is -0.374 e. The number of carbonyl (C=O) groups excluding carboxylic acids is 1. The summed E-state index contributed by atoms with van der Waals surface area (Å²) in [6, 6.07) is 9.59. The molecule has 1 aromatic carbocycles. The second-order valence-electron chi connectivity index (χ2n) is 6.80. The van der Waals surface area contributed by atoms with Crippen LogP contribution in [0.2, 0.25) is 0 Å². The van der Waals surface area contributed by atoms with E-state index < -0.39 is 36.5 Å². The number of nitrogens with one attached hydrogen (secondary N) is 1. The second-order valence-corrected chi connectivity index (χ2v) is 7.92. The number of aromatic nitrogens is 2. The van der Waals surface area contributed by atoms with Crippen LogP contribution >= 0.6 is 11.3 Å². The maximum absolute atomic E-state index is 13.5. The Bertz CT molecular complexity index is 1070. The van der Waals surface area contributed by atoms with Gasteiger partial charge in [0.05, 0.1) is 0 Å². The number of alkyl halides is 3. The van der Waals surface area contributed by atoms with Crippen molar-refractivity contribution in [3.05, 3.63) is 71.4 Å². The molecule has 2 N–H and O–H groups in total. The fourth-order valence-corrected chi connectivity index (χ4v) is 3.86. The average Bonchev–Trinajstić information content (AvgIpc) is 3.35. The Morgan fingerprint density at radius 2 is 1.94 bits per heavy atom. The first kappa shape index (κ1) is 22.7. The number of imidazole rings is 1. The van der Waals surface area contributed by atoms with Crippen molar-refractivity contribution < 1.29 is 27.5 Å². The predicted octanol–water partition coefficient (Wildman–Crippen LogP) is 4.26. The summed E-state index contributed by atoms with van der Waals surface area (Å²) < 4.78 is 54.5. The fraction of sp³-hybridized carbons (Fsp3) is 0.238. The Balaban J connectivity index is 1.59. The van der Waals surface area contributed by atoms with Crippen LogP contribution in [0.5, 0.6) is 0 Å². The quantitative estimate of drug-likeness (QED) is 0.415. The highest BCUT2D eigenvalue weighted by atomic mass is 32.1. The number of nitrogens with zero attached hydrogens (tertiary/aromatic N) is 2. The minimum atomic E-state index is -4.96. The highest BCUT2D eigenvalue weighted by Crippen LogP contribution is 2.40. The zero-order valence-corrected chi connectivity index (χ0v) is 17.2. The molecule has 1 amide bonds. The summed E-state index contributed by atoms with van der Waals surface area (Å²) in [6.45, 7) is -0.405. The average molecular weight is 453 g/mol. The maximum atomic E-state index is 13.5. The molecule has 10 heteroatoms. The van der Waals surface area contributed by atoms with E-state index in [2.05, 4.69) is 10.3 Å². The van der Waals surface area contributed by atoms with Crippen LogP contribution in [-0.4, -0.2) is 33.3 Å². The number of carbonyl (C=O) groups is 1. The van der Waals surface area contributed by atoms with Gasteiger partial charge in [0.1, 0.15) is 11.6 Å². The van der Waals surface area contributed by atoms with E-state index in [0.29, 0.717) is 0 Å². The van der Waals surface area contributed by atoms with Crippen molar-refractivity contribution in [2.75, 3.05) is 6.54 Å². The van der Waals surface area contributed by atoms with Crippen LogP contribution in [0, 0.1) is 5.82 Å². The number of thiophene rings is 1. The van der Waals surface area contributed by atoms with Crippen LogP contribution in [0.15, 0.2) is 54.9 Å². The van der Waals surface area contributed by atoms with E-state index in [-0.39, 0.29) is 5.82 Å². The molecular formula is C21H19F4N3O2S. The monoisotopic (exact) mass is 453 g/mol. The fourth-order valence-electron chi connectivity index (χ4n) is 2.94. The number of benzene rings is 1. The van der Waals surface area contributed by atoms with E-state index in [4.69, 9.17) is 0 Å². The number of rotatable bonds is 7. The lowest BCUT2D eigenvalue weighted by atomic mass is 9.97. The number of aryl methyl sites for hydroxylation is 1. The molecule has 0 bridgehead atoms. The Morgan fingerprint density at radius 3 is 2.55 bits per heavy atom. The molecule has 0 aliphatic rings. The molecule has 2 heterocycles. The summed E-state index contributed by atoms with van der Waals surface area (Å²) in [5, 5.41) is 12.6. The van der Waals surface area contributed by atoms with Gasteiger partial charge in [-0.1, -0.05) is 12.1 Å². The molecule has 0 aliphatic heterocycles. The lowest BCUT2D eigenvalue weighted by Gasteiger charge is -2.29.